The molecule has 0 aromatic carbocycles. The molecule has 0 spiro atoms. The van der Waals surface area contributed by atoms with Crippen molar-refractivity contribution >= 4 is 16.1 Å². The molecule has 2 amide bonds. The van der Waals surface area contributed by atoms with Gasteiger partial charge in [0, 0.05) is 0 Å². The summed E-state index contributed by atoms with van der Waals surface area (Å²) >= 11 is 0. The summed E-state index contributed by atoms with van der Waals surface area (Å²) < 4.78 is 46.5. The highest BCUT2D eigenvalue weighted by molar-refractivity contribution is 7.91. The largest absolute Gasteiger partial charge is 0.380 e. The second-order valence-electron chi connectivity index (χ2n) is 1.93. The third kappa shape index (κ3) is 1.25. The van der Waals surface area contributed by atoms with Gasteiger partial charge >= 0.3 is 21.3 Å². The van der Waals surface area contributed by atoms with Gasteiger partial charge in [-0.1, -0.05) is 0 Å². The fourth-order valence-electron chi connectivity index (χ4n) is 0.511. The first-order chi connectivity index (χ1) is 4.85. The van der Waals surface area contributed by atoms with Crippen LogP contribution in [0.1, 0.15) is 0 Å². The van der Waals surface area contributed by atoms with Crippen molar-refractivity contribution in [3.8, 4) is 0 Å². The van der Waals surface area contributed by atoms with E-state index in [1.54, 1.807) is 5.32 Å². The van der Waals surface area contributed by atoms with Gasteiger partial charge in [0.2, 0.25) is 0 Å². The van der Waals surface area contributed by atoms with Gasteiger partial charge in [0.15, 0.2) is 0 Å². The smallest absolute Gasteiger partial charge is 0.330 e. The van der Waals surface area contributed by atoms with E-state index in [0.717, 1.165) is 4.72 Å². The Kier molecular flexibility index (Phi) is 1.51. The topological polar surface area (TPSA) is 75.3 Å². The van der Waals surface area contributed by atoms with E-state index in [1.807, 2.05) is 0 Å². The standard InChI is InChI=1S/C3H4F2N2O3S/c4-3(5)1-6-2(8)7-11(3,9)10/h1H2,(H2,6,7,8). The molecule has 1 aliphatic heterocycles. The van der Waals surface area contributed by atoms with Crippen LogP contribution < -0.4 is 10.0 Å². The SMILES string of the molecule is O=C1NCC(F)(F)S(=O)(=O)N1. The maximum absolute atomic E-state index is 12.3. The van der Waals surface area contributed by atoms with Gasteiger partial charge in [-0.2, -0.15) is 17.2 Å². The Bertz CT molecular complexity index is 285. The number of nitrogens with one attached hydrogen (secondary N) is 2. The summed E-state index contributed by atoms with van der Waals surface area (Å²) in [6.45, 7) is -1.18. The van der Waals surface area contributed by atoms with Crippen molar-refractivity contribution in [1.82, 2.24) is 10.0 Å². The van der Waals surface area contributed by atoms with Crippen LogP contribution in [-0.4, -0.2) is 26.2 Å². The van der Waals surface area contributed by atoms with E-state index in [0.29, 0.717) is 0 Å². The quantitative estimate of drug-likeness (QED) is 0.521. The summed E-state index contributed by atoms with van der Waals surface area (Å²) in [4.78, 5) is 10.2. The molecule has 1 aliphatic rings. The van der Waals surface area contributed by atoms with Crippen LogP contribution in [0.25, 0.3) is 0 Å². The Balaban J connectivity index is 3.00. The Morgan fingerprint density at radius 2 is 2.00 bits per heavy atom. The molecule has 1 fully saturated rings. The number of urea groups is 1. The third-order valence-electron chi connectivity index (χ3n) is 1.07. The van der Waals surface area contributed by atoms with Gasteiger partial charge in [-0.25, -0.2) is 9.52 Å². The van der Waals surface area contributed by atoms with E-state index >= 15 is 0 Å². The molecular formula is C3H4F2N2O3S. The average molecular weight is 186 g/mol. The van der Waals surface area contributed by atoms with Crippen molar-refractivity contribution in [1.29, 1.82) is 0 Å². The number of halogens is 2. The summed E-state index contributed by atoms with van der Waals surface area (Å²) in [5.41, 5.74) is 0. The van der Waals surface area contributed by atoms with E-state index in [4.69, 9.17) is 0 Å². The maximum atomic E-state index is 12.3. The highest BCUT2D eigenvalue weighted by atomic mass is 32.2. The Morgan fingerprint density at radius 1 is 1.45 bits per heavy atom. The molecule has 11 heavy (non-hydrogen) atoms. The van der Waals surface area contributed by atoms with Crippen LogP contribution in [0.3, 0.4) is 0 Å². The van der Waals surface area contributed by atoms with Gasteiger partial charge in [0.1, 0.15) is 6.54 Å². The lowest BCUT2D eigenvalue weighted by Crippen LogP contribution is -2.58. The van der Waals surface area contributed by atoms with Crippen molar-refractivity contribution in [3.63, 3.8) is 0 Å². The summed E-state index contributed by atoms with van der Waals surface area (Å²) in [6.07, 6.45) is 0. The molecule has 5 nitrogen and oxygen atoms in total. The molecule has 8 heteroatoms. The normalized spacial score (nSPS) is 26.9. The van der Waals surface area contributed by atoms with Crippen LogP contribution in [0, 0.1) is 0 Å². The zero-order chi connectivity index (χ0) is 8.70. The van der Waals surface area contributed by atoms with Crippen LogP contribution in [-0.2, 0) is 10.0 Å². The molecule has 2 N–H and O–H groups in total. The van der Waals surface area contributed by atoms with Gasteiger partial charge in [-0.05, 0) is 0 Å². The first kappa shape index (κ1) is 8.18. The number of alkyl halides is 2. The van der Waals surface area contributed by atoms with E-state index in [2.05, 4.69) is 0 Å². The summed E-state index contributed by atoms with van der Waals surface area (Å²) in [6, 6.07) is -1.13. The van der Waals surface area contributed by atoms with Crippen molar-refractivity contribution in [2.75, 3.05) is 6.54 Å². The van der Waals surface area contributed by atoms with Crippen LogP contribution in [0.2, 0.25) is 0 Å². The van der Waals surface area contributed by atoms with Crippen molar-refractivity contribution in [2.45, 2.75) is 5.25 Å². The average Bonchev–Trinajstić information content (AvgIpc) is 1.80. The summed E-state index contributed by atoms with van der Waals surface area (Å²) in [5, 5.41) is -2.27. The maximum Gasteiger partial charge on any atom is 0.380 e. The van der Waals surface area contributed by atoms with E-state index in [9.17, 15) is 22.0 Å². The predicted octanol–water partition coefficient (Wildman–Crippen LogP) is -0.778. The third-order valence-corrected chi connectivity index (χ3v) is 2.46. The molecule has 0 aromatic heterocycles. The summed E-state index contributed by atoms with van der Waals surface area (Å²) in [5.74, 6) is 0. The van der Waals surface area contributed by atoms with Gasteiger partial charge in [-0.15, -0.1) is 0 Å². The Labute approximate surface area is 60.8 Å². The lowest BCUT2D eigenvalue weighted by atomic mass is 10.6. The van der Waals surface area contributed by atoms with Crippen LogP contribution in [0.4, 0.5) is 13.6 Å². The van der Waals surface area contributed by atoms with Gasteiger partial charge < -0.3 is 5.32 Å². The molecule has 0 unspecified atom stereocenters. The molecular weight excluding hydrogens is 182 g/mol. The minimum Gasteiger partial charge on any atom is -0.330 e. The first-order valence-corrected chi connectivity index (χ1v) is 4.01. The molecule has 0 aliphatic carbocycles. The Morgan fingerprint density at radius 3 is 2.36 bits per heavy atom. The lowest BCUT2D eigenvalue weighted by Gasteiger charge is -2.22. The minimum absolute atomic E-state index is 1.12. The highest BCUT2D eigenvalue weighted by Gasteiger charge is 2.49. The second-order valence-corrected chi connectivity index (χ2v) is 3.73. The second kappa shape index (κ2) is 2.03. The van der Waals surface area contributed by atoms with Crippen molar-refractivity contribution in [3.05, 3.63) is 0 Å². The fourth-order valence-corrected chi connectivity index (χ4v) is 1.24. The molecule has 0 bridgehead atoms. The van der Waals surface area contributed by atoms with E-state index in [-0.39, 0.29) is 0 Å². The van der Waals surface area contributed by atoms with E-state index < -0.39 is 27.9 Å². The number of carbonyl (C=O) groups is 1. The minimum atomic E-state index is -4.81. The monoisotopic (exact) mass is 186 g/mol. The molecule has 0 saturated carbocycles. The molecule has 1 saturated heterocycles. The van der Waals surface area contributed by atoms with Gasteiger partial charge in [-0.3, -0.25) is 0 Å². The van der Waals surface area contributed by atoms with Gasteiger partial charge in [0.05, 0.1) is 0 Å². The zero-order valence-corrected chi connectivity index (χ0v) is 5.91. The number of amides is 2. The molecule has 1 rings (SSSR count). The van der Waals surface area contributed by atoms with E-state index in [1.165, 1.54) is 0 Å². The lowest BCUT2D eigenvalue weighted by molar-refractivity contribution is 0.0869. The van der Waals surface area contributed by atoms with Crippen LogP contribution in [0.5, 0.6) is 0 Å². The summed E-state index contributed by atoms with van der Waals surface area (Å²) in [7, 11) is -4.81. The van der Waals surface area contributed by atoms with Crippen LogP contribution >= 0.6 is 0 Å². The molecule has 0 aromatic rings. The number of hydrogen-bond acceptors (Lipinski definition) is 3. The molecule has 0 radical (unpaired) electrons. The first-order valence-electron chi connectivity index (χ1n) is 2.53. The Hall–Kier alpha value is -0.920. The molecule has 64 valence electrons. The van der Waals surface area contributed by atoms with Crippen molar-refractivity contribution < 1.29 is 22.0 Å². The number of carbonyl (C=O) groups excluding carboxylic acids is 1. The molecule has 1 heterocycles. The number of hydrogen-bond donors (Lipinski definition) is 2. The van der Waals surface area contributed by atoms with Gasteiger partial charge in [0.25, 0.3) is 0 Å². The number of sulfonamides is 1. The highest BCUT2D eigenvalue weighted by Crippen LogP contribution is 2.21. The number of rotatable bonds is 0. The van der Waals surface area contributed by atoms with Crippen molar-refractivity contribution in [2.24, 2.45) is 0 Å². The fraction of sp³-hybridized carbons (Fsp3) is 0.667. The molecule has 0 atom stereocenters. The zero-order valence-electron chi connectivity index (χ0n) is 5.10. The predicted molar refractivity (Wildman–Crippen MR) is 30.4 cm³/mol. The van der Waals surface area contributed by atoms with Crippen LogP contribution in [0.15, 0.2) is 0 Å².